The van der Waals surface area contributed by atoms with Crippen molar-refractivity contribution in [1.82, 2.24) is 10.1 Å². The Morgan fingerprint density at radius 3 is 2.52 bits per heavy atom. The number of pyridine rings is 1. The Morgan fingerprint density at radius 2 is 1.96 bits per heavy atom. The normalized spacial score (nSPS) is 23.6. The van der Waals surface area contributed by atoms with Crippen LogP contribution in [0.5, 0.6) is 0 Å². The molecule has 1 atom stereocenters. The lowest BCUT2D eigenvalue weighted by Crippen LogP contribution is -2.43. The van der Waals surface area contributed by atoms with Crippen LogP contribution in [0.15, 0.2) is 29.0 Å². The fraction of sp³-hybridized carbons (Fsp3) is 0.500. The summed E-state index contributed by atoms with van der Waals surface area (Å²) in [6.45, 7) is 3.99. The minimum absolute atomic E-state index is 0.357. The van der Waals surface area contributed by atoms with Crippen LogP contribution in [-0.4, -0.2) is 17.3 Å². The third-order valence-corrected chi connectivity index (χ3v) is 4.41. The molecule has 2 aromatic heterocycles. The largest absolute Gasteiger partial charge is 0.417 e. The van der Waals surface area contributed by atoms with Gasteiger partial charge in [-0.25, -0.2) is 0 Å². The summed E-state index contributed by atoms with van der Waals surface area (Å²) in [5.74, 6) is 0.789. The molecule has 1 aliphatic rings. The number of nitrogens with zero attached hydrogens (tertiary/aromatic N) is 2. The molecule has 2 aromatic rings. The lowest BCUT2D eigenvalue weighted by molar-refractivity contribution is -0.138. The molecule has 0 N–H and O–H groups in total. The van der Waals surface area contributed by atoms with Gasteiger partial charge in [0.1, 0.15) is 11.4 Å². The first-order chi connectivity index (χ1) is 10.7. The van der Waals surface area contributed by atoms with Gasteiger partial charge in [0.05, 0.1) is 17.5 Å². The monoisotopic (exact) mass is 326 g/mol. The van der Waals surface area contributed by atoms with Crippen molar-refractivity contribution in [3.05, 3.63) is 47.1 Å². The van der Waals surface area contributed by atoms with E-state index in [4.69, 9.17) is 9.26 Å². The van der Waals surface area contributed by atoms with Crippen LogP contribution < -0.4 is 0 Å². The summed E-state index contributed by atoms with van der Waals surface area (Å²) in [6, 6.07) is 2.43. The van der Waals surface area contributed by atoms with E-state index < -0.39 is 17.3 Å². The predicted molar refractivity (Wildman–Crippen MR) is 75.8 cm³/mol. The van der Waals surface area contributed by atoms with Crippen molar-refractivity contribution in [1.29, 1.82) is 0 Å². The highest BCUT2D eigenvalue weighted by Gasteiger charge is 2.48. The molecule has 0 radical (unpaired) electrons. The van der Waals surface area contributed by atoms with E-state index in [-0.39, 0.29) is 5.41 Å². The molecule has 1 unspecified atom stereocenters. The van der Waals surface area contributed by atoms with Crippen LogP contribution in [0.2, 0.25) is 0 Å². The van der Waals surface area contributed by atoms with Crippen LogP contribution in [0.4, 0.5) is 13.2 Å². The van der Waals surface area contributed by atoms with Gasteiger partial charge in [0.2, 0.25) is 0 Å². The number of hydrogen-bond acceptors (Lipinski definition) is 4. The minimum atomic E-state index is -4.40. The highest BCUT2D eigenvalue weighted by atomic mass is 19.4. The molecule has 0 spiro atoms. The first-order valence-corrected chi connectivity index (χ1v) is 7.21. The molecular formula is C16H17F3N2O2. The topological polar surface area (TPSA) is 48.2 Å². The van der Waals surface area contributed by atoms with Crippen molar-refractivity contribution >= 4 is 0 Å². The van der Waals surface area contributed by atoms with Gasteiger partial charge < -0.3 is 9.26 Å². The SMILES string of the molecule is COC1(c2ccc(C(F)(F)F)cn2)Cc2cnoc2C(C)(C)C1. The van der Waals surface area contributed by atoms with E-state index in [9.17, 15) is 13.2 Å². The van der Waals surface area contributed by atoms with Gasteiger partial charge in [-0.1, -0.05) is 19.0 Å². The van der Waals surface area contributed by atoms with Crippen molar-refractivity contribution in [3.63, 3.8) is 0 Å². The second kappa shape index (κ2) is 5.06. The first-order valence-electron chi connectivity index (χ1n) is 7.21. The fourth-order valence-corrected chi connectivity index (χ4v) is 3.37. The fourth-order valence-electron chi connectivity index (χ4n) is 3.37. The molecule has 7 heteroatoms. The van der Waals surface area contributed by atoms with E-state index in [0.29, 0.717) is 18.5 Å². The zero-order valence-electron chi connectivity index (χ0n) is 13.1. The maximum absolute atomic E-state index is 12.7. The molecule has 0 saturated heterocycles. The molecule has 4 nitrogen and oxygen atoms in total. The van der Waals surface area contributed by atoms with E-state index >= 15 is 0 Å². The zero-order chi connectivity index (χ0) is 16.9. The second-order valence-electron chi connectivity index (χ2n) is 6.55. The Kier molecular flexibility index (Phi) is 3.51. The lowest BCUT2D eigenvalue weighted by Gasteiger charge is -2.42. The molecular weight excluding hydrogens is 309 g/mol. The third-order valence-electron chi connectivity index (χ3n) is 4.41. The van der Waals surface area contributed by atoms with Crippen molar-refractivity contribution in [2.75, 3.05) is 7.11 Å². The van der Waals surface area contributed by atoms with Crippen LogP contribution in [0, 0.1) is 0 Å². The predicted octanol–water partition coefficient (Wildman–Crippen LogP) is 3.85. The summed E-state index contributed by atoms with van der Waals surface area (Å²) in [5.41, 5.74) is -0.553. The molecule has 1 aliphatic carbocycles. The lowest BCUT2D eigenvalue weighted by atomic mass is 9.68. The van der Waals surface area contributed by atoms with Gasteiger partial charge in [-0.05, 0) is 18.6 Å². The maximum atomic E-state index is 12.7. The Labute approximate surface area is 131 Å². The average Bonchev–Trinajstić information content (AvgIpc) is 2.95. The quantitative estimate of drug-likeness (QED) is 0.841. The van der Waals surface area contributed by atoms with Gasteiger partial charge in [0.25, 0.3) is 0 Å². The summed E-state index contributed by atoms with van der Waals surface area (Å²) in [5, 5.41) is 3.84. The van der Waals surface area contributed by atoms with Gasteiger partial charge in [0.15, 0.2) is 0 Å². The van der Waals surface area contributed by atoms with Crippen molar-refractivity contribution in [3.8, 4) is 0 Å². The Bertz CT molecular complexity index is 707. The molecule has 0 aromatic carbocycles. The van der Waals surface area contributed by atoms with E-state index in [1.54, 1.807) is 13.3 Å². The van der Waals surface area contributed by atoms with Gasteiger partial charge in [-0.2, -0.15) is 13.2 Å². The summed E-state index contributed by atoms with van der Waals surface area (Å²) >= 11 is 0. The smallest absolute Gasteiger partial charge is 0.372 e. The summed E-state index contributed by atoms with van der Waals surface area (Å²) in [4.78, 5) is 4.04. The van der Waals surface area contributed by atoms with Crippen molar-refractivity contribution < 1.29 is 22.4 Å². The molecule has 0 fully saturated rings. The van der Waals surface area contributed by atoms with Crippen LogP contribution in [0.25, 0.3) is 0 Å². The van der Waals surface area contributed by atoms with Crippen LogP contribution >= 0.6 is 0 Å². The molecule has 3 rings (SSSR count). The van der Waals surface area contributed by atoms with E-state index in [1.165, 1.54) is 6.07 Å². The van der Waals surface area contributed by atoms with Crippen molar-refractivity contribution in [2.24, 2.45) is 0 Å². The molecule has 0 amide bonds. The number of fused-ring (bicyclic) bond motifs is 1. The highest BCUT2D eigenvalue weighted by Crippen LogP contribution is 2.47. The molecule has 0 bridgehead atoms. The molecule has 23 heavy (non-hydrogen) atoms. The zero-order valence-corrected chi connectivity index (χ0v) is 13.1. The van der Waals surface area contributed by atoms with Crippen LogP contribution in [-0.2, 0) is 28.4 Å². The van der Waals surface area contributed by atoms with Crippen LogP contribution in [0.1, 0.15) is 42.8 Å². The molecule has 124 valence electrons. The maximum Gasteiger partial charge on any atom is 0.417 e. The number of hydrogen-bond donors (Lipinski definition) is 0. The standard InChI is InChI=1S/C16H17F3N2O2/c1-14(2)9-15(22-3,6-10-7-21-23-13(10)14)12-5-4-11(8-20-12)16(17,18)19/h4-5,7-8H,6,9H2,1-3H3. The summed E-state index contributed by atoms with van der Waals surface area (Å²) < 4.78 is 49.3. The molecule has 2 heterocycles. The number of methoxy groups -OCH3 is 1. The van der Waals surface area contributed by atoms with Gasteiger partial charge >= 0.3 is 6.18 Å². The minimum Gasteiger partial charge on any atom is -0.372 e. The first kappa shape index (κ1) is 16.0. The van der Waals surface area contributed by atoms with E-state index in [1.807, 2.05) is 13.8 Å². The number of halogens is 3. The summed E-state index contributed by atoms with van der Waals surface area (Å²) in [7, 11) is 1.55. The van der Waals surface area contributed by atoms with Crippen LogP contribution in [0.3, 0.4) is 0 Å². The number of ether oxygens (including phenoxy) is 1. The molecule has 0 saturated carbocycles. The second-order valence-corrected chi connectivity index (χ2v) is 6.55. The number of aromatic nitrogens is 2. The Morgan fingerprint density at radius 1 is 1.22 bits per heavy atom. The number of alkyl halides is 3. The number of rotatable bonds is 2. The van der Waals surface area contributed by atoms with Gasteiger partial charge in [-0.15, -0.1) is 0 Å². The molecule has 0 aliphatic heterocycles. The van der Waals surface area contributed by atoms with E-state index in [2.05, 4.69) is 10.1 Å². The third kappa shape index (κ3) is 2.63. The van der Waals surface area contributed by atoms with Crippen molar-refractivity contribution in [2.45, 2.75) is 43.9 Å². The van der Waals surface area contributed by atoms with Gasteiger partial charge in [0, 0.05) is 30.7 Å². The Balaban J connectivity index is 2.03. The Hall–Kier alpha value is -1.89. The highest BCUT2D eigenvalue weighted by molar-refractivity contribution is 5.33. The summed E-state index contributed by atoms with van der Waals surface area (Å²) in [6.07, 6.45) is -0.916. The van der Waals surface area contributed by atoms with E-state index in [0.717, 1.165) is 23.6 Å². The van der Waals surface area contributed by atoms with Gasteiger partial charge in [-0.3, -0.25) is 4.98 Å². The average molecular weight is 326 g/mol.